The number of carbonyl (C=O) groups excluding carboxylic acids is 5. The highest BCUT2D eigenvalue weighted by atomic mass is 19.4. The second kappa shape index (κ2) is 31.5. The predicted octanol–water partition coefficient (Wildman–Crippen LogP) is 13.1. The van der Waals surface area contributed by atoms with Crippen LogP contribution in [0.15, 0.2) is 170 Å². The van der Waals surface area contributed by atoms with Crippen LogP contribution in [0.5, 0.6) is 5.75 Å². The summed E-state index contributed by atoms with van der Waals surface area (Å²) in [6, 6.07) is 46.6. The summed E-state index contributed by atoms with van der Waals surface area (Å²) >= 11 is 0. The van der Waals surface area contributed by atoms with Gasteiger partial charge in [-0.2, -0.15) is 26.3 Å². The van der Waals surface area contributed by atoms with Crippen molar-refractivity contribution >= 4 is 35.5 Å². The van der Waals surface area contributed by atoms with Crippen LogP contribution in [0.4, 0.5) is 41.2 Å². The summed E-state index contributed by atoms with van der Waals surface area (Å²) in [4.78, 5) is 75.4. The number of likely N-dealkylation sites (N-methyl/N-ethyl adjacent to an activating group) is 2. The Morgan fingerprint density at radius 2 is 1.29 bits per heavy atom. The van der Waals surface area contributed by atoms with E-state index in [1.54, 1.807) is 36.0 Å². The Morgan fingerprint density at radius 3 is 1.97 bits per heavy atom. The Hall–Kier alpha value is -9.00. The second-order valence-corrected chi connectivity index (χ2v) is 26.0. The van der Waals surface area contributed by atoms with E-state index in [0.717, 1.165) is 51.4 Å². The van der Waals surface area contributed by atoms with Gasteiger partial charge in [-0.25, -0.2) is 9.18 Å². The number of likely N-dealkylation sites (tertiary alicyclic amines) is 2. The zero-order valence-electron chi connectivity index (χ0n) is 55.2. The topological polar surface area (TPSA) is 163 Å². The van der Waals surface area contributed by atoms with Crippen LogP contribution in [0.3, 0.4) is 0 Å². The molecule has 1 aliphatic carbocycles. The molecule has 4 aliphatic rings. The van der Waals surface area contributed by atoms with E-state index in [1.807, 2.05) is 103 Å². The number of benzene rings is 7. The molecule has 4 amide bonds. The maximum absolute atomic E-state index is 14.2. The van der Waals surface area contributed by atoms with Gasteiger partial charge in [0.05, 0.1) is 29.5 Å². The number of amides is 4. The Labute approximate surface area is 570 Å². The van der Waals surface area contributed by atoms with Crippen molar-refractivity contribution in [3.8, 4) is 16.9 Å². The predicted molar refractivity (Wildman–Crippen MR) is 358 cm³/mol. The number of hydrogen-bond acceptors (Lipinski definition) is 12. The fourth-order valence-corrected chi connectivity index (χ4v) is 13.8. The number of carbonyl (C=O) groups is 5. The summed E-state index contributed by atoms with van der Waals surface area (Å²) in [6.07, 6.45) is -7.29. The molecule has 0 bridgehead atoms. The molecule has 16 nitrogen and oxygen atoms in total. The van der Waals surface area contributed by atoms with Crippen molar-refractivity contribution in [1.29, 1.82) is 0 Å². The average Bonchev–Trinajstić information content (AvgIpc) is 1.62. The first-order valence-electron chi connectivity index (χ1n) is 33.4. The molecule has 7 aromatic rings. The molecule has 3 saturated heterocycles. The van der Waals surface area contributed by atoms with Crippen molar-refractivity contribution in [1.82, 2.24) is 29.8 Å². The zero-order chi connectivity index (χ0) is 69.9. The van der Waals surface area contributed by atoms with Crippen molar-refractivity contribution in [2.45, 2.75) is 100 Å². The molecule has 3 heterocycles. The van der Waals surface area contributed by atoms with Crippen molar-refractivity contribution < 1.29 is 73.7 Å². The number of fused-ring (bicyclic) bond motifs is 2. The van der Waals surface area contributed by atoms with Gasteiger partial charge in [0.15, 0.2) is 0 Å². The highest BCUT2D eigenvalue weighted by molar-refractivity contribution is 5.95. The summed E-state index contributed by atoms with van der Waals surface area (Å²) in [7, 11) is 3.47. The highest BCUT2D eigenvalue weighted by Gasteiger charge is 2.50. The molecule has 0 unspecified atom stereocenters. The van der Waals surface area contributed by atoms with Gasteiger partial charge >= 0.3 is 24.4 Å². The van der Waals surface area contributed by atoms with Crippen LogP contribution < -0.4 is 15.4 Å². The number of ether oxygens (including phenoxy) is 4. The van der Waals surface area contributed by atoms with Crippen molar-refractivity contribution in [3.05, 3.63) is 226 Å². The molecular formula is C76H80F7N7O9. The van der Waals surface area contributed by atoms with Crippen molar-refractivity contribution in [3.63, 3.8) is 0 Å². The Balaban J connectivity index is 0.574. The number of piperidine rings is 2. The summed E-state index contributed by atoms with van der Waals surface area (Å²) in [5.74, 6) is -1.96. The minimum atomic E-state index is -5.15. The van der Waals surface area contributed by atoms with Crippen LogP contribution in [0.1, 0.15) is 105 Å². The van der Waals surface area contributed by atoms with E-state index in [0.29, 0.717) is 119 Å². The number of hydrogen-bond donors (Lipinski definition) is 2. The smallest absolute Gasteiger partial charge is 0.416 e. The highest BCUT2D eigenvalue weighted by Crippen LogP contribution is 2.49. The van der Waals surface area contributed by atoms with Crippen molar-refractivity contribution in [2.75, 3.05) is 91.7 Å². The summed E-state index contributed by atoms with van der Waals surface area (Å²) in [5.41, 5.74) is 2.24. The largest absolute Gasteiger partial charge is 0.446 e. The molecule has 2 atom stereocenters. The fraction of sp³-hybridized carbons (Fsp3) is 0.382. The lowest BCUT2D eigenvalue weighted by Gasteiger charge is -2.44. The van der Waals surface area contributed by atoms with Gasteiger partial charge in [0.1, 0.15) is 36.6 Å². The number of nitrogens with zero attached hydrogens (tertiary/aromatic N) is 5. The van der Waals surface area contributed by atoms with Gasteiger partial charge < -0.3 is 48.8 Å². The van der Waals surface area contributed by atoms with Crippen LogP contribution in [-0.2, 0) is 66.7 Å². The lowest BCUT2D eigenvalue weighted by molar-refractivity contribution is -0.143. The Kier molecular flexibility index (Phi) is 22.7. The van der Waals surface area contributed by atoms with Crippen LogP contribution in [0, 0.1) is 5.82 Å². The lowest BCUT2D eigenvalue weighted by Crippen LogP contribution is -2.50. The van der Waals surface area contributed by atoms with E-state index >= 15 is 0 Å². The number of nitrogens with one attached hydrogen (secondary N) is 2. The Bertz CT molecular complexity index is 3910. The third-order valence-electron chi connectivity index (χ3n) is 19.5. The maximum Gasteiger partial charge on any atom is 0.416 e. The molecule has 3 fully saturated rings. The van der Waals surface area contributed by atoms with E-state index in [4.69, 9.17) is 18.9 Å². The molecule has 7 aromatic carbocycles. The molecule has 0 saturated carbocycles. The minimum Gasteiger partial charge on any atom is -0.446 e. The summed E-state index contributed by atoms with van der Waals surface area (Å²) in [6.45, 7) is 4.93. The quantitative estimate of drug-likeness (QED) is 0.0335. The first kappa shape index (κ1) is 71.3. The maximum atomic E-state index is 14.2. The van der Waals surface area contributed by atoms with Gasteiger partial charge in [0.25, 0.3) is 11.8 Å². The lowest BCUT2D eigenvalue weighted by atomic mass is 9.72. The van der Waals surface area contributed by atoms with E-state index in [-0.39, 0.29) is 62.6 Å². The van der Waals surface area contributed by atoms with Gasteiger partial charge in [0, 0.05) is 95.0 Å². The van der Waals surface area contributed by atoms with Crippen LogP contribution in [0.25, 0.3) is 11.1 Å². The van der Waals surface area contributed by atoms with Gasteiger partial charge in [-0.3, -0.25) is 24.5 Å². The second-order valence-electron chi connectivity index (χ2n) is 26.0. The third kappa shape index (κ3) is 17.9. The van der Waals surface area contributed by atoms with Gasteiger partial charge in [0.2, 0.25) is 5.91 Å². The number of rotatable bonds is 24. The standard InChI is InChI=1S/C76H80F7N7O9/c1-86(35-10-17-69(92)98-62-28-20-53(21-29-62)48-84-47-52-18-22-55(23-19-52)70(93)87(2)41-42-88-36-30-63(31-37-88)99-72(95)85-66-16-9-7-14-64(66)54-11-4-3-5-12-54)68(91)49-96-67-45-56-13-6-8-15-65(56)73(67)32-38-89(39-33-73)40-34-74(58-24-26-61(77)27-25-58)50-90(51-97-74)71(94)57-43-59(75(78,79)80)46-60(44-57)76(81,82)83/h3-9,11-16,18-29,43-44,46,63,67,84H,10,17,30-42,45,47-51H2,1-2H3,(H,85,95)/t67-,74-/m0/s1. The molecule has 0 aromatic heterocycles. The third-order valence-corrected chi connectivity index (χ3v) is 19.5. The minimum absolute atomic E-state index is 0.0323. The zero-order valence-corrected chi connectivity index (χ0v) is 55.2. The van der Waals surface area contributed by atoms with Crippen molar-refractivity contribution in [2.24, 2.45) is 0 Å². The summed E-state index contributed by atoms with van der Waals surface area (Å²) < 4.78 is 121. The van der Waals surface area contributed by atoms with E-state index in [2.05, 4.69) is 32.6 Å². The summed E-state index contributed by atoms with van der Waals surface area (Å²) in [5, 5.41) is 6.35. The number of para-hydroxylation sites is 1. The van der Waals surface area contributed by atoms with Crippen LogP contribution in [-0.4, -0.2) is 153 Å². The SMILES string of the molecule is CN(CCCC(=O)Oc1ccc(CNCc2ccc(C(=O)N(C)CCN3CCC(OC(=O)Nc4ccccc4-c4ccccc4)CC3)cc2)cc1)C(=O)CO[C@H]1Cc2ccccc2C12CCN(CC[C@@]1(c3ccc(F)cc3)CN(C(=O)c3cc(C(F)(F)F)cc(C(F)(F)F)c3)CO1)CC2. The molecule has 522 valence electrons. The average molecular weight is 1370 g/mol. The molecule has 0 radical (unpaired) electrons. The molecule has 1 spiro atoms. The molecule has 3 aliphatic heterocycles. The monoisotopic (exact) mass is 1370 g/mol. The van der Waals surface area contributed by atoms with E-state index in [1.165, 1.54) is 24.3 Å². The fourth-order valence-electron chi connectivity index (χ4n) is 13.8. The first-order chi connectivity index (χ1) is 47.5. The van der Waals surface area contributed by atoms with Crippen LogP contribution >= 0.6 is 0 Å². The molecule has 99 heavy (non-hydrogen) atoms. The molecule has 11 rings (SSSR count). The van der Waals surface area contributed by atoms with E-state index in [9.17, 15) is 54.7 Å². The first-order valence-corrected chi connectivity index (χ1v) is 33.4. The van der Waals surface area contributed by atoms with Crippen LogP contribution in [0.2, 0.25) is 0 Å². The number of alkyl halides is 6. The van der Waals surface area contributed by atoms with Gasteiger partial charge in [-0.1, -0.05) is 109 Å². The Morgan fingerprint density at radius 1 is 0.667 bits per heavy atom. The van der Waals surface area contributed by atoms with Gasteiger partial charge in [-0.15, -0.1) is 0 Å². The number of anilines is 1. The number of esters is 1. The normalized spacial score (nSPS) is 18.0. The number of halogens is 7. The molecular weight excluding hydrogens is 1290 g/mol. The van der Waals surface area contributed by atoms with E-state index < -0.39 is 70.6 Å². The molecule has 23 heteroatoms. The molecule has 2 N–H and O–H groups in total. The van der Waals surface area contributed by atoms with Gasteiger partial charge in [-0.05, 0) is 152 Å².